The van der Waals surface area contributed by atoms with Crippen LogP contribution in [-0.2, 0) is 0 Å². The molecular formula is C37H34F5P. The van der Waals surface area contributed by atoms with E-state index in [-0.39, 0.29) is 28.2 Å². The van der Waals surface area contributed by atoms with Gasteiger partial charge in [0, 0.05) is 38.9 Å². The molecule has 0 spiro atoms. The number of rotatable bonds is 3. The van der Waals surface area contributed by atoms with Gasteiger partial charge >= 0.3 is 0 Å². The van der Waals surface area contributed by atoms with Crippen LogP contribution in [0.25, 0.3) is 0 Å². The monoisotopic (exact) mass is 604 g/mol. The number of hydrogen-bond donors (Lipinski definition) is 0. The van der Waals surface area contributed by atoms with Crippen molar-refractivity contribution in [3.63, 3.8) is 0 Å². The largest absolute Gasteiger partial charge is 0.243 e. The standard InChI is InChI=1S/C35H28F5P.C2H6/c1-21(2)22(3)35(41)30(31(37)20-36)19-17-28-14-10-26(11-15-28)7-6-25-8-12-27(13-9-25)16-18-29-23(4)32(38)34(40)33(39)24(29)5;1-2/h8-15,21H,20,41H2,1-5H3;1-2H3/b31-30+,35-22+;. The van der Waals surface area contributed by atoms with Gasteiger partial charge in [-0.1, -0.05) is 68.8 Å². The van der Waals surface area contributed by atoms with Gasteiger partial charge < -0.3 is 0 Å². The summed E-state index contributed by atoms with van der Waals surface area (Å²) in [4.78, 5) is 0. The Morgan fingerprint density at radius 2 is 1.07 bits per heavy atom. The van der Waals surface area contributed by atoms with Crippen molar-refractivity contribution in [2.24, 2.45) is 5.92 Å². The maximum Gasteiger partial charge on any atom is 0.195 e. The molecule has 3 aromatic carbocycles. The third-order valence-electron chi connectivity index (χ3n) is 6.53. The van der Waals surface area contributed by atoms with Crippen molar-refractivity contribution in [2.75, 3.05) is 6.67 Å². The summed E-state index contributed by atoms with van der Waals surface area (Å²) in [6, 6.07) is 14.1. The Morgan fingerprint density at radius 3 is 1.44 bits per heavy atom. The predicted octanol–water partition coefficient (Wildman–Crippen LogP) is 9.90. The van der Waals surface area contributed by atoms with E-state index in [2.05, 4.69) is 44.8 Å². The zero-order valence-electron chi connectivity index (χ0n) is 25.4. The van der Waals surface area contributed by atoms with Crippen molar-refractivity contribution in [3.05, 3.63) is 127 Å². The van der Waals surface area contributed by atoms with E-state index < -0.39 is 30.0 Å². The summed E-state index contributed by atoms with van der Waals surface area (Å²) >= 11 is 0. The highest BCUT2D eigenvalue weighted by Crippen LogP contribution is 2.29. The summed E-state index contributed by atoms with van der Waals surface area (Å²) in [5.74, 6) is 12.7. The molecule has 0 amide bonds. The molecule has 0 nitrogen and oxygen atoms in total. The maximum atomic E-state index is 14.2. The van der Waals surface area contributed by atoms with Crippen molar-refractivity contribution in [1.29, 1.82) is 0 Å². The van der Waals surface area contributed by atoms with Crippen LogP contribution in [0.2, 0.25) is 0 Å². The van der Waals surface area contributed by atoms with Crippen LogP contribution >= 0.6 is 9.24 Å². The third-order valence-corrected chi connectivity index (χ3v) is 7.27. The molecule has 0 N–H and O–H groups in total. The topological polar surface area (TPSA) is 0 Å². The fourth-order valence-electron chi connectivity index (χ4n) is 3.66. The Hall–Kier alpha value is -4.10. The van der Waals surface area contributed by atoms with Crippen molar-refractivity contribution in [2.45, 2.75) is 48.5 Å². The lowest BCUT2D eigenvalue weighted by molar-refractivity contribution is 0.439. The Labute approximate surface area is 254 Å². The quantitative estimate of drug-likeness (QED) is 0.0918. The summed E-state index contributed by atoms with van der Waals surface area (Å²) in [5.41, 5.74) is 3.70. The van der Waals surface area contributed by atoms with Crippen LogP contribution in [0.4, 0.5) is 22.0 Å². The summed E-state index contributed by atoms with van der Waals surface area (Å²) < 4.78 is 68.7. The highest BCUT2D eigenvalue weighted by atomic mass is 31.0. The summed E-state index contributed by atoms with van der Waals surface area (Å²) in [7, 11) is 2.47. The molecule has 222 valence electrons. The van der Waals surface area contributed by atoms with Crippen LogP contribution in [0.5, 0.6) is 0 Å². The maximum absolute atomic E-state index is 14.2. The van der Waals surface area contributed by atoms with Gasteiger partial charge in [-0.25, -0.2) is 22.0 Å². The molecular weight excluding hydrogens is 570 g/mol. The first-order valence-corrected chi connectivity index (χ1v) is 14.3. The Kier molecular flexibility index (Phi) is 13.5. The minimum atomic E-state index is -1.50. The highest BCUT2D eigenvalue weighted by molar-refractivity contribution is 7.23. The first-order chi connectivity index (χ1) is 20.4. The molecule has 0 saturated carbocycles. The molecule has 0 aromatic heterocycles. The van der Waals surface area contributed by atoms with Crippen molar-refractivity contribution < 1.29 is 22.0 Å². The van der Waals surface area contributed by atoms with Gasteiger partial charge in [-0.2, -0.15) is 0 Å². The molecule has 43 heavy (non-hydrogen) atoms. The van der Waals surface area contributed by atoms with Gasteiger partial charge in [-0.3, -0.25) is 0 Å². The van der Waals surface area contributed by atoms with E-state index in [1.165, 1.54) is 13.8 Å². The van der Waals surface area contributed by atoms with Gasteiger partial charge in [0.05, 0.1) is 5.57 Å². The van der Waals surface area contributed by atoms with Gasteiger partial charge in [-0.05, 0) is 80.5 Å². The summed E-state index contributed by atoms with van der Waals surface area (Å²) in [6.07, 6.45) is 0. The molecule has 0 aliphatic carbocycles. The Balaban J connectivity index is 0.00000316. The molecule has 3 rings (SSSR count). The van der Waals surface area contributed by atoms with Crippen LogP contribution in [0.1, 0.15) is 73.6 Å². The Bertz CT molecular complexity index is 1680. The number of allylic oxidation sites excluding steroid dienone is 4. The van der Waals surface area contributed by atoms with Crippen molar-refractivity contribution >= 4 is 9.24 Å². The van der Waals surface area contributed by atoms with E-state index in [1.807, 2.05) is 34.6 Å². The highest BCUT2D eigenvalue weighted by Gasteiger charge is 2.19. The number of halogens is 5. The molecule has 3 aromatic rings. The minimum absolute atomic E-state index is 0.0376. The van der Waals surface area contributed by atoms with Crippen molar-refractivity contribution in [1.82, 2.24) is 0 Å². The fraction of sp³-hybridized carbons (Fsp3) is 0.243. The molecule has 0 aliphatic rings. The molecule has 1 atom stereocenters. The second-order valence-corrected chi connectivity index (χ2v) is 10.2. The van der Waals surface area contributed by atoms with Gasteiger partial charge in [0.2, 0.25) is 0 Å². The molecule has 0 radical (unpaired) electrons. The zero-order valence-corrected chi connectivity index (χ0v) is 26.5. The molecule has 0 aliphatic heterocycles. The van der Waals surface area contributed by atoms with Gasteiger partial charge in [0.1, 0.15) is 12.5 Å². The average molecular weight is 605 g/mol. The lowest BCUT2D eigenvalue weighted by Crippen LogP contribution is -2.02. The second kappa shape index (κ2) is 16.5. The predicted molar refractivity (Wildman–Crippen MR) is 170 cm³/mol. The van der Waals surface area contributed by atoms with Gasteiger partial charge in [0.15, 0.2) is 17.5 Å². The van der Waals surface area contributed by atoms with Crippen molar-refractivity contribution in [3.8, 4) is 35.5 Å². The second-order valence-electron chi connectivity index (χ2n) is 9.64. The number of hydrogen-bond acceptors (Lipinski definition) is 0. The summed E-state index contributed by atoms with van der Waals surface area (Å²) in [6.45, 7) is 11.3. The van der Waals surface area contributed by atoms with Crippen LogP contribution < -0.4 is 0 Å². The SMILES string of the molecule is C/C(=C(P)/C(C#Cc1ccc(C#Cc2ccc(C#Cc3c(C)c(F)c(F)c(F)c3C)cc2)cc1)=C(/F)CF)C(C)C.CC. The van der Waals surface area contributed by atoms with E-state index in [4.69, 9.17) is 0 Å². The first-order valence-electron chi connectivity index (χ1n) is 13.8. The molecule has 6 heteroatoms. The van der Waals surface area contributed by atoms with Gasteiger partial charge in [-0.15, -0.1) is 9.24 Å². The lowest BCUT2D eigenvalue weighted by Gasteiger charge is -2.11. The van der Waals surface area contributed by atoms with Crippen LogP contribution in [-0.4, -0.2) is 6.67 Å². The van der Waals surface area contributed by atoms with E-state index in [0.29, 0.717) is 16.4 Å². The van der Waals surface area contributed by atoms with Crippen LogP contribution in [0.3, 0.4) is 0 Å². The normalized spacial score (nSPS) is 11.4. The van der Waals surface area contributed by atoms with Crippen LogP contribution in [0, 0.1) is 72.7 Å². The number of benzene rings is 3. The van der Waals surface area contributed by atoms with Crippen LogP contribution in [0.15, 0.2) is 70.8 Å². The van der Waals surface area contributed by atoms with E-state index >= 15 is 0 Å². The molecule has 0 heterocycles. The molecule has 1 unspecified atom stereocenters. The van der Waals surface area contributed by atoms with E-state index in [0.717, 1.165) is 16.7 Å². The molecule has 0 fully saturated rings. The van der Waals surface area contributed by atoms with E-state index in [9.17, 15) is 22.0 Å². The lowest BCUT2D eigenvalue weighted by atomic mass is 10.0. The smallest absolute Gasteiger partial charge is 0.195 e. The minimum Gasteiger partial charge on any atom is -0.243 e. The van der Waals surface area contributed by atoms with E-state index in [1.54, 1.807) is 48.5 Å². The number of alkyl halides is 1. The fourth-order valence-corrected chi connectivity index (χ4v) is 4.22. The zero-order chi connectivity index (χ0) is 32.3. The third kappa shape index (κ3) is 9.19. The molecule has 0 bridgehead atoms. The van der Waals surface area contributed by atoms with Gasteiger partial charge in [0.25, 0.3) is 0 Å². The summed E-state index contributed by atoms with van der Waals surface area (Å²) in [5, 5.41) is 0.561. The average Bonchev–Trinajstić information content (AvgIpc) is 3.03. The Morgan fingerprint density at radius 1 is 0.698 bits per heavy atom. The molecule has 0 saturated heterocycles. The first kappa shape index (κ1) is 35.1.